The van der Waals surface area contributed by atoms with Crippen LogP contribution in [0.1, 0.15) is 0 Å². The Hall–Kier alpha value is -0.820. The van der Waals surface area contributed by atoms with Crippen LogP contribution in [0.4, 0.5) is 9.18 Å². The minimum Gasteiger partial charge on any atom is -0.394 e. The zero-order valence-electron chi connectivity index (χ0n) is 14.2. The summed E-state index contributed by atoms with van der Waals surface area (Å²) < 4.78 is 24.4. The first-order valence-electron chi connectivity index (χ1n) is 8.16. The molecule has 0 spiro atoms. The number of ether oxygens (including phenoxy) is 2. The topological polar surface area (TPSA) is 195 Å². The average molecular weight is 520 g/mol. The van der Waals surface area contributed by atoms with Gasteiger partial charge in [-0.15, -0.1) is 4.99 Å². The molecule has 2 saturated heterocycles. The molecule has 3 aliphatic rings. The van der Waals surface area contributed by atoms with Gasteiger partial charge in [0.1, 0.15) is 28.1 Å². The van der Waals surface area contributed by atoms with Crippen molar-refractivity contribution in [2.45, 2.75) is 48.8 Å². The first-order chi connectivity index (χ1) is 13.0. The number of rotatable bonds is 4. The zero-order valence-corrected chi connectivity index (χ0v) is 16.3. The normalized spacial score (nSPS) is 49.3. The van der Waals surface area contributed by atoms with Gasteiger partial charge in [-0.1, -0.05) is 0 Å². The molecule has 0 aromatic heterocycles. The van der Waals surface area contributed by atoms with E-state index >= 15 is 4.39 Å². The number of carbonyl (C=O) groups excluding carboxylic acids is 1. The molecule has 0 radical (unpaired) electrons. The van der Waals surface area contributed by atoms with Gasteiger partial charge >= 0.3 is 11.9 Å². The maximum absolute atomic E-state index is 15.1. The number of amidine groups is 1. The van der Waals surface area contributed by atoms with Crippen molar-refractivity contribution in [3.63, 3.8) is 0 Å². The monoisotopic (exact) mass is 520 g/mol. The number of hydrogen-bond donors (Lipinski definition) is 7. The molecule has 8 N–H and O–H groups in total. The van der Waals surface area contributed by atoms with Gasteiger partial charge in [0.05, 0.1) is 13.2 Å². The number of aliphatic imine (C=N–C) groups is 1. The second-order valence-electron chi connectivity index (χ2n) is 6.70. The first kappa shape index (κ1) is 21.9. The molecule has 3 heterocycles. The standard InChI is InChI=1S/C14H19FIN3O9/c15-14(26)9(24)6(3-21)28-12(14)19(1-4(16)10(17)18-13(19)25)11-8(23)7(22)5(2-20)27-11/h1,5-9,11-12,20-24,26H,2-3H2,(H-,17,18,25)/p+1/t5-,6-,7-,8+,9-,11?,12-,14-,19?/m1/s1. The molecule has 158 valence electrons. The lowest BCUT2D eigenvalue weighted by Gasteiger charge is -2.43. The van der Waals surface area contributed by atoms with Crippen molar-refractivity contribution in [1.29, 1.82) is 0 Å². The molecule has 0 aliphatic carbocycles. The SMILES string of the molecule is NC1=NC(=O)[N+](C2O[C@H](CO)[C@@H](O)[C@@H]2O)([C@@H]2O[C@H](CO)[C@@H](O)[C@]2(O)F)C=C1I. The van der Waals surface area contributed by atoms with E-state index in [4.69, 9.17) is 15.2 Å². The molecule has 2 amide bonds. The van der Waals surface area contributed by atoms with Gasteiger partial charge in [0.2, 0.25) is 6.23 Å². The van der Waals surface area contributed by atoms with Gasteiger partial charge in [-0.3, -0.25) is 0 Å². The van der Waals surface area contributed by atoms with Crippen LogP contribution in [0.2, 0.25) is 0 Å². The first-order valence-corrected chi connectivity index (χ1v) is 9.23. The van der Waals surface area contributed by atoms with Crippen LogP contribution in [-0.4, -0.2) is 109 Å². The van der Waals surface area contributed by atoms with E-state index in [1.54, 1.807) is 22.6 Å². The number of hydrogen-bond acceptors (Lipinski definition) is 10. The van der Waals surface area contributed by atoms with Crippen molar-refractivity contribution in [2.24, 2.45) is 10.7 Å². The number of carbonyl (C=O) groups is 1. The molecule has 2 unspecified atom stereocenters. The van der Waals surface area contributed by atoms with Crippen molar-refractivity contribution in [2.75, 3.05) is 13.2 Å². The summed E-state index contributed by atoms with van der Waals surface area (Å²) in [6.07, 6.45) is -11.7. The Morgan fingerprint density at radius 1 is 1.21 bits per heavy atom. The van der Waals surface area contributed by atoms with E-state index in [-0.39, 0.29) is 9.42 Å². The van der Waals surface area contributed by atoms with E-state index in [9.17, 15) is 35.4 Å². The molecule has 14 heteroatoms. The third-order valence-corrected chi connectivity index (χ3v) is 5.87. The van der Waals surface area contributed by atoms with E-state index in [1.807, 2.05) is 0 Å². The number of nitrogens with zero attached hydrogens (tertiary/aromatic N) is 2. The summed E-state index contributed by atoms with van der Waals surface area (Å²) in [4.78, 5) is 16.5. The number of aliphatic hydroxyl groups excluding tert-OH is 5. The molecule has 0 aromatic rings. The highest BCUT2D eigenvalue weighted by atomic mass is 127. The smallest absolute Gasteiger partial charge is 0.394 e. The van der Waals surface area contributed by atoms with Gasteiger partial charge < -0.3 is 45.8 Å². The third-order valence-electron chi connectivity index (χ3n) is 5.04. The molecular formula is C14H20FIN3O9+. The van der Waals surface area contributed by atoms with E-state index in [1.165, 1.54) is 0 Å². The minimum atomic E-state index is -3.58. The number of halogens is 2. The molecule has 3 aliphatic heterocycles. The highest BCUT2D eigenvalue weighted by Crippen LogP contribution is 2.45. The number of aliphatic hydroxyl groups is 6. The van der Waals surface area contributed by atoms with Crippen LogP contribution in [0.25, 0.3) is 0 Å². The van der Waals surface area contributed by atoms with Crippen molar-refractivity contribution in [3.05, 3.63) is 9.78 Å². The number of amides is 2. The number of urea groups is 1. The Morgan fingerprint density at radius 3 is 2.32 bits per heavy atom. The van der Waals surface area contributed by atoms with Crippen LogP contribution in [0.5, 0.6) is 0 Å². The molecule has 12 nitrogen and oxygen atoms in total. The van der Waals surface area contributed by atoms with E-state index in [0.29, 0.717) is 0 Å². The predicted octanol–water partition coefficient (Wildman–Crippen LogP) is -3.25. The Kier molecular flexibility index (Phi) is 5.83. The number of alkyl halides is 1. The van der Waals surface area contributed by atoms with Crippen molar-refractivity contribution in [1.82, 2.24) is 0 Å². The molecular weight excluding hydrogens is 500 g/mol. The van der Waals surface area contributed by atoms with Gasteiger partial charge in [-0.05, 0) is 22.6 Å². The molecule has 3 rings (SSSR count). The van der Waals surface area contributed by atoms with Crippen molar-refractivity contribution >= 4 is 34.5 Å². The fourth-order valence-corrected chi connectivity index (χ4v) is 4.14. The van der Waals surface area contributed by atoms with Gasteiger partial charge in [0.25, 0.3) is 6.23 Å². The second kappa shape index (κ2) is 7.46. The summed E-state index contributed by atoms with van der Waals surface area (Å²) in [5.74, 6) is -3.81. The third kappa shape index (κ3) is 2.99. The summed E-state index contributed by atoms with van der Waals surface area (Å²) in [6.45, 7) is -1.62. The largest absolute Gasteiger partial charge is 0.453 e. The van der Waals surface area contributed by atoms with Crippen LogP contribution < -0.4 is 5.73 Å². The molecule has 0 aromatic carbocycles. The summed E-state index contributed by atoms with van der Waals surface area (Å²) in [7, 11) is 0. The van der Waals surface area contributed by atoms with E-state index in [0.717, 1.165) is 6.20 Å². The second-order valence-corrected chi connectivity index (χ2v) is 7.86. The maximum Gasteiger partial charge on any atom is 0.453 e. The molecule has 28 heavy (non-hydrogen) atoms. The maximum atomic E-state index is 15.1. The predicted molar refractivity (Wildman–Crippen MR) is 95.0 cm³/mol. The fourth-order valence-electron chi connectivity index (χ4n) is 3.55. The molecule has 2 fully saturated rings. The lowest BCUT2D eigenvalue weighted by molar-refractivity contribution is -0.909. The lowest BCUT2D eigenvalue weighted by Crippen LogP contribution is -2.70. The average Bonchev–Trinajstić information content (AvgIpc) is 3.06. The van der Waals surface area contributed by atoms with E-state index < -0.39 is 72.6 Å². The van der Waals surface area contributed by atoms with E-state index in [2.05, 4.69) is 4.99 Å². The summed E-state index contributed by atoms with van der Waals surface area (Å²) >= 11 is 1.67. The Labute approximate surface area is 171 Å². The minimum absolute atomic E-state index is 0.108. The number of quaternary nitrogens is 1. The van der Waals surface area contributed by atoms with Gasteiger partial charge in [-0.2, -0.15) is 8.87 Å². The Balaban J connectivity index is 2.17. The van der Waals surface area contributed by atoms with Gasteiger partial charge in [-0.25, -0.2) is 4.79 Å². The highest BCUT2D eigenvalue weighted by Gasteiger charge is 2.72. The van der Waals surface area contributed by atoms with Crippen LogP contribution >= 0.6 is 22.6 Å². The molecule has 0 bridgehead atoms. The number of nitrogens with two attached hydrogens (primary N) is 1. The van der Waals surface area contributed by atoms with Gasteiger partial charge in [0.15, 0.2) is 18.0 Å². The zero-order chi connectivity index (χ0) is 21.0. The van der Waals surface area contributed by atoms with Crippen molar-refractivity contribution < 1.29 is 53.8 Å². The van der Waals surface area contributed by atoms with Crippen LogP contribution in [0, 0.1) is 0 Å². The van der Waals surface area contributed by atoms with Crippen LogP contribution in [0.3, 0.4) is 0 Å². The fraction of sp³-hybridized carbons (Fsp3) is 0.714. The Bertz CT molecular complexity index is 722. The molecule has 0 saturated carbocycles. The van der Waals surface area contributed by atoms with Crippen LogP contribution in [0.15, 0.2) is 14.8 Å². The quantitative estimate of drug-likeness (QED) is 0.146. The Morgan fingerprint density at radius 2 is 1.82 bits per heavy atom. The summed E-state index contributed by atoms with van der Waals surface area (Å²) in [6, 6.07) is -1.22. The van der Waals surface area contributed by atoms with Gasteiger partial charge in [0, 0.05) is 0 Å². The van der Waals surface area contributed by atoms with Crippen molar-refractivity contribution in [3.8, 4) is 0 Å². The summed E-state index contributed by atoms with van der Waals surface area (Å²) in [5.41, 5.74) is 5.62. The lowest BCUT2D eigenvalue weighted by atomic mass is 10.0. The molecule has 9 atom stereocenters. The highest BCUT2D eigenvalue weighted by molar-refractivity contribution is 14.1. The summed E-state index contributed by atoms with van der Waals surface area (Å²) in [5, 5.41) is 59.4. The van der Waals surface area contributed by atoms with Crippen LogP contribution in [-0.2, 0) is 9.47 Å².